The lowest BCUT2D eigenvalue weighted by Gasteiger charge is -2.24. The SMILES string of the molecule is O=C(c1c[nH]c(=O)cn1)N1CCc2oc(CCc3cccnc3)nc2C1. The zero-order valence-electron chi connectivity index (χ0n) is 14.0. The largest absolute Gasteiger partial charge is 0.445 e. The summed E-state index contributed by atoms with van der Waals surface area (Å²) in [5.74, 6) is 1.28. The summed E-state index contributed by atoms with van der Waals surface area (Å²) in [5, 5.41) is 0. The van der Waals surface area contributed by atoms with Crippen molar-refractivity contribution in [1.82, 2.24) is 24.8 Å². The van der Waals surface area contributed by atoms with E-state index < -0.39 is 0 Å². The minimum Gasteiger partial charge on any atom is -0.445 e. The lowest BCUT2D eigenvalue weighted by atomic mass is 10.1. The van der Waals surface area contributed by atoms with Crippen LogP contribution >= 0.6 is 0 Å². The van der Waals surface area contributed by atoms with Gasteiger partial charge in [-0.05, 0) is 18.1 Å². The molecule has 0 atom stereocenters. The van der Waals surface area contributed by atoms with Crippen LogP contribution in [0.25, 0.3) is 0 Å². The van der Waals surface area contributed by atoms with Crippen molar-refractivity contribution in [1.29, 1.82) is 0 Å². The zero-order chi connectivity index (χ0) is 17.9. The van der Waals surface area contributed by atoms with Crippen LogP contribution in [0.2, 0.25) is 0 Å². The number of pyridine rings is 1. The third kappa shape index (κ3) is 3.39. The molecule has 132 valence electrons. The van der Waals surface area contributed by atoms with E-state index in [1.165, 1.54) is 6.20 Å². The molecule has 0 aliphatic carbocycles. The number of rotatable bonds is 4. The highest BCUT2D eigenvalue weighted by Crippen LogP contribution is 2.21. The number of hydrogen-bond donors (Lipinski definition) is 1. The first-order chi connectivity index (χ1) is 12.7. The van der Waals surface area contributed by atoms with E-state index in [1.54, 1.807) is 11.1 Å². The molecule has 1 amide bonds. The number of amides is 1. The molecule has 0 spiro atoms. The van der Waals surface area contributed by atoms with Gasteiger partial charge >= 0.3 is 0 Å². The zero-order valence-corrected chi connectivity index (χ0v) is 14.0. The molecular weight excluding hydrogens is 334 g/mol. The van der Waals surface area contributed by atoms with Crippen LogP contribution in [0, 0.1) is 0 Å². The molecule has 0 aromatic carbocycles. The smallest absolute Gasteiger partial charge is 0.274 e. The Kier molecular flexibility index (Phi) is 4.30. The first-order valence-corrected chi connectivity index (χ1v) is 8.39. The Morgan fingerprint density at radius 1 is 1.31 bits per heavy atom. The summed E-state index contributed by atoms with van der Waals surface area (Å²) in [6.45, 7) is 0.912. The third-order valence-corrected chi connectivity index (χ3v) is 4.30. The molecule has 8 nitrogen and oxygen atoms in total. The number of carbonyl (C=O) groups excluding carboxylic acids is 1. The fourth-order valence-corrected chi connectivity index (χ4v) is 2.95. The van der Waals surface area contributed by atoms with Crippen LogP contribution in [0.5, 0.6) is 0 Å². The number of carbonyl (C=O) groups is 1. The van der Waals surface area contributed by atoms with Crippen LogP contribution in [-0.2, 0) is 25.8 Å². The van der Waals surface area contributed by atoms with Crippen LogP contribution in [0.3, 0.4) is 0 Å². The van der Waals surface area contributed by atoms with Crippen LogP contribution in [0.1, 0.15) is 33.4 Å². The third-order valence-electron chi connectivity index (χ3n) is 4.30. The fraction of sp³-hybridized carbons (Fsp3) is 0.278. The minimum atomic E-state index is -0.336. The Morgan fingerprint density at radius 2 is 2.23 bits per heavy atom. The highest BCUT2D eigenvalue weighted by atomic mass is 16.4. The van der Waals surface area contributed by atoms with Gasteiger partial charge in [-0.3, -0.25) is 14.6 Å². The summed E-state index contributed by atoms with van der Waals surface area (Å²) in [6, 6.07) is 3.93. The summed E-state index contributed by atoms with van der Waals surface area (Å²) in [7, 11) is 0. The number of fused-ring (bicyclic) bond motifs is 1. The van der Waals surface area contributed by atoms with Gasteiger partial charge in [-0.2, -0.15) is 0 Å². The van der Waals surface area contributed by atoms with E-state index in [2.05, 4.69) is 19.9 Å². The van der Waals surface area contributed by atoms with Gasteiger partial charge in [0.2, 0.25) is 0 Å². The van der Waals surface area contributed by atoms with E-state index in [0.717, 1.165) is 29.6 Å². The van der Waals surface area contributed by atoms with Crippen molar-refractivity contribution in [2.24, 2.45) is 0 Å². The lowest BCUT2D eigenvalue weighted by molar-refractivity contribution is 0.0721. The van der Waals surface area contributed by atoms with E-state index in [4.69, 9.17) is 4.42 Å². The molecule has 4 heterocycles. The van der Waals surface area contributed by atoms with E-state index in [9.17, 15) is 9.59 Å². The molecule has 1 aliphatic rings. The number of H-pyrrole nitrogens is 1. The molecule has 0 fully saturated rings. The standard InChI is InChI=1S/C18H17N5O3/c24-16-10-20-13(9-21-16)18(25)23-7-5-15-14(11-23)22-17(26-15)4-3-12-2-1-6-19-8-12/h1-2,6,8-10H,3-5,7,11H2,(H,21,24). The molecular formula is C18H17N5O3. The van der Waals surface area contributed by atoms with Gasteiger partial charge < -0.3 is 14.3 Å². The van der Waals surface area contributed by atoms with E-state index in [-0.39, 0.29) is 17.2 Å². The van der Waals surface area contributed by atoms with Crippen molar-refractivity contribution in [3.63, 3.8) is 0 Å². The first kappa shape index (κ1) is 16.2. The van der Waals surface area contributed by atoms with Gasteiger partial charge in [-0.1, -0.05) is 6.07 Å². The summed E-state index contributed by atoms with van der Waals surface area (Å²) in [5.41, 5.74) is 1.80. The molecule has 0 saturated heterocycles. The van der Waals surface area contributed by atoms with Crippen LogP contribution in [0.15, 0.2) is 46.1 Å². The average molecular weight is 351 g/mol. The van der Waals surface area contributed by atoms with Gasteiger partial charge in [0.15, 0.2) is 5.89 Å². The van der Waals surface area contributed by atoms with Crippen molar-refractivity contribution >= 4 is 5.91 Å². The van der Waals surface area contributed by atoms with Gasteiger partial charge in [0.1, 0.15) is 17.1 Å². The number of aromatic amines is 1. The average Bonchev–Trinajstić information content (AvgIpc) is 3.09. The summed E-state index contributed by atoms with van der Waals surface area (Å²) in [4.78, 5) is 40.3. The maximum Gasteiger partial charge on any atom is 0.274 e. The second-order valence-corrected chi connectivity index (χ2v) is 6.11. The Morgan fingerprint density at radius 3 is 3.00 bits per heavy atom. The second kappa shape index (κ2) is 6.91. The van der Waals surface area contributed by atoms with Crippen LogP contribution in [0.4, 0.5) is 0 Å². The van der Waals surface area contributed by atoms with Crippen molar-refractivity contribution in [2.45, 2.75) is 25.8 Å². The highest BCUT2D eigenvalue weighted by molar-refractivity contribution is 5.92. The van der Waals surface area contributed by atoms with Crippen molar-refractivity contribution in [2.75, 3.05) is 6.54 Å². The summed E-state index contributed by atoms with van der Waals surface area (Å²) >= 11 is 0. The predicted molar refractivity (Wildman–Crippen MR) is 91.5 cm³/mol. The number of nitrogens with zero attached hydrogens (tertiary/aromatic N) is 4. The van der Waals surface area contributed by atoms with Crippen molar-refractivity contribution in [3.05, 3.63) is 75.9 Å². The molecule has 0 unspecified atom stereocenters. The minimum absolute atomic E-state index is 0.216. The Bertz CT molecular complexity index is 959. The summed E-state index contributed by atoms with van der Waals surface area (Å²) < 4.78 is 5.84. The van der Waals surface area contributed by atoms with E-state index in [0.29, 0.717) is 31.8 Å². The molecule has 0 radical (unpaired) electrons. The molecule has 0 saturated carbocycles. The Labute approximate surface area is 148 Å². The maximum absolute atomic E-state index is 12.5. The van der Waals surface area contributed by atoms with Crippen LogP contribution in [-0.4, -0.2) is 37.3 Å². The number of oxazole rings is 1. The monoisotopic (exact) mass is 351 g/mol. The molecule has 3 aromatic rings. The molecule has 3 aromatic heterocycles. The van der Waals surface area contributed by atoms with Crippen molar-refractivity contribution in [3.8, 4) is 0 Å². The Hall–Kier alpha value is -3.29. The molecule has 0 bridgehead atoms. The van der Waals surface area contributed by atoms with Gasteiger partial charge in [0.05, 0.1) is 12.7 Å². The second-order valence-electron chi connectivity index (χ2n) is 6.11. The van der Waals surface area contributed by atoms with Crippen LogP contribution < -0.4 is 5.56 Å². The molecule has 26 heavy (non-hydrogen) atoms. The first-order valence-electron chi connectivity index (χ1n) is 8.39. The van der Waals surface area contributed by atoms with Gasteiger partial charge in [0.25, 0.3) is 11.5 Å². The topological polar surface area (TPSA) is 105 Å². The van der Waals surface area contributed by atoms with E-state index in [1.807, 2.05) is 18.3 Å². The normalized spacial score (nSPS) is 13.5. The quantitative estimate of drug-likeness (QED) is 0.756. The maximum atomic E-state index is 12.5. The Balaban J connectivity index is 1.43. The molecule has 8 heteroatoms. The molecule has 1 N–H and O–H groups in total. The van der Waals surface area contributed by atoms with E-state index >= 15 is 0 Å². The molecule has 1 aliphatic heterocycles. The van der Waals surface area contributed by atoms with Gasteiger partial charge in [0, 0.05) is 38.0 Å². The highest BCUT2D eigenvalue weighted by Gasteiger charge is 2.26. The number of nitrogens with one attached hydrogen (secondary N) is 1. The van der Waals surface area contributed by atoms with Crippen molar-refractivity contribution < 1.29 is 9.21 Å². The predicted octanol–water partition coefficient (Wildman–Crippen LogP) is 1.14. The summed E-state index contributed by atoms with van der Waals surface area (Å²) in [6.07, 6.45) is 8.13. The number of hydrogen-bond acceptors (Lipinski definition) is 6. The van der Waals surface area contributed by atoms with Gasteiger partial charge in [-0.15, -0.1) is 0 Å². The fourth-order valence-electron chi connectivity index (χ4n) is 2.95. The van der Waals surface area contributed by atoms with Gasteiger partial charge in [-0.25, -0.2) is 9.97 Å². The lowest BCUT2D eigenvalue weighted by Crippen LogP contribution is -2.36. The molecule has 4 rings (SSSR count). The number of aryl methyl sites for hydroxylation is 2. The number of aromatic nitrogens is 4.